The van der Waals surface area contributed by atoms with E-state index in [9.17, 15) is 9.59 Å². The third-order valence-electron chi connectivity index (χ3n) is 6.69. The number of nitrogens with zero attached hydrogens (tertiary/aromatic N) is 3. The Kier molecular flexibility index (Phi) is 7.48. The Balaban J connectivity index is 1.49. The van der Waals surface area contributed by atoms with Crippen molar-refractivity contribution in [2.45, 2.75) is 65.4 Å². The summed E-state index contributed by atoms with van der Waals surface area (Å²) in [6.45, 7) is 9.33. The van der Waals surface area contributed by atoms with Crippen LogP contribution in [0.25, 0.3) is 11.3 Å². The normalized spacial score (nSPS) is 18.5. The van der Waals surface area contributed by atoms with Gasteiger partial charge in [0.2, 0.25) is 5.91 Å². The van der Waals surface area contributed by atoms with Crippen molar-refractivity contribution in [3.8, 4) is 11.3 Å². The maximum absolute atomic E-state index is 13.4. The van der Waals surface area contributed by atoms with Crippen molar-refractivity contribution >= 4 is 11.8 Å². The predicted molar refractivity (Wildman–Crippen MR) is 126 cm³/mol. The molecule has 33 heavy (non-hydrogen) atoms. The molecule has 2 aliphatic heterocycles. The minimum Gasteiger partial charge on any atom is -0.376 e. The summed E-state index contributed by atoms with van der Waals surface area (Å²) < 4.78 is 11.4. The molecular formula is C26H35N3O4. The number of aromatic nitrogens is 1. The Morgan fingerprint density at radius 1 is 1.06 bits per heavy atom. The lowest BCUT2D eigenvalue weighted by atomic mass is 9.98. The van der Waals surface area contributed by atoms with E-state index in [0.717, 1.165) is 62.1 Å². The first-order valence-electron chi connectivity index (χ1n) is 12.2. The standard InChI is InChI=1S/C26H35N3O4/c1-18-14-19(2)25(20(3)15-18)23-16-22(27-33-23)26(31)29(17-21-8-7-13-32-21)12-9-24(30)28-10-5-4-6-11-28/h14-16,21H,4-13,17H2,1-3H3. The van der Waals surface area contributed by atoms with Crippen molar-refractivity contribution in [2.24, 2.45) is 0 Å². The van der Waals surface area contributed by atoms with Gasteiger partial charge in [0, 0.05) is 50.8 Å². The molecule has 178 valence electrons. The van der Waals surface area contributed by atoms with Crippen molar-refractivity contribution in [3.63, 3.8) is 0 Å². The molecule has 3 heterocycles. The van der Waals surface area contributed by atoms with Crippen LogP contribution in [0.5, 0.6) is 0 Å². The third kappa shape index (κ3) is 5.64. The van der Waals surface area contributed by atoms with E-state index in [0.29, 0.717) is 25.3 Å². The molecule has 0 bridgehead atoms. The van der Waals surface area contributed by atoms with E-state index in [2.05, 4.69) is 24.2 Å². The van der Waals surface area contributed by atoms with Gasteiger partial charge < -0.3 is 19.1 Å². The highest BCUT2D eigenvalue weighted by Gasteiger charge is 2.27. The molecule has 0 N–H and O–H groups in total. The zero-order valence-corrected chi connectivity index (χ0v) is 20.1. The smallest absolute Gasteiger partial charge is 0.276 e. The second-order valence-electron chi connectivity index (χ2n) is 9.43. The van der Waals surface area contributed by atoms with Gasteiger partial charge in [0.05, 0.1) is 6.10 Å². The van der Waals surface area contributed by atoms with E-state index >= 15 is 0 Å². The van der Waals surface area contributed by atoms with Gasteiger partial charge in [0.15, 0.2) is 11.5 Å². The molecular weight excluding hydrogens is 418 g/mol. The van der Waals surface area contributed by atoms with Crippen LogP contribution in [0.3, 0.4) is 0 Å². The topological polar surface area (TPSA) is 75.9 Å². The number of piperidine rings is 1. The summed E-state index contributed by atoms with van der Waals surface area (Å²) in [5.74, 6) is 0.496. The van der Waals surface area contributed by atoms with Gasteiger partial charge in [-0.3, -0.25) is 9.59 Å². The summed E-state index contributed by atoms with van der Waals surface area (Å²) >= 11 is 0. The molecule has 2 saturated heterocycles. The van der Waals surface area contributed by atoms with Crippen LogP contribution < -0.4 is 0 Å². The van der Waals surface area contributed by atoms with Crippen LogP contribution in [0.2, 0.25) is 0 Å². The molecule has 2 aromatic rings. The molecule has 2 aliphatic rings. The molecule has 4 rings (SSSR count). The van der Waals surface area contributed by atoms with Gasteiger partial charge in [-0.05, 0) is 64.0 Å². The summed E-state index contributed by atoms with van der Waals surface area (Å²) in [4.78, 5) is 29.8. The second kappa shape index (κ2) is 10.5. The first-order valence-corrected chi connectivity index (χ1v) is 12.2. The van der Waals surface area contributed by atoms with E-state index in [1.54, 1.807) is 11.0 Å². The van der Waals surface area contributed by atoms with Crippen LogP contribution in [0.15, 0.2) is 22.7 Å². The van der Waals surface area contributed by atoms with Gasteiger partial charge in [0.1, 0.15) is 0 Å². The molecule has 2 fully saturated rings. The van der Waals surface area contributed by atoms with Gasteiger partial charge >= 0.3 is 0 Å². The molecule has 1 aromatic heterocycles. The fourth-order valence-electron chi connectivity index (χ4n) is 5.07. The minimum absolute atomic E-state index is 0.00648. The second-order valence-corrected chi connectivity index (χ2v) is 9.43. The van der Waals surface area contributed by atoms with Crippen LogP contribution >= 0.6 is 0 Å². The van der Waals surface area contributed by atoms with Crippen LogP contribution in [0.4, 0.5) is 0 Å². The van der Waals surface area contributed by atoms with E-state index < -0.39 is 0 Å². The maximum atomic E-state index is 13.4. The zero-order valence-electron chi connectivity index (χ0n) is 20.1. The van der Waals surface area contributed by atoms with E-state index in [4.69, 9.17) is 9.26 Å². The van der Waals surface area contributed by atoms with Crippen molar-refractivity contribution in [3.05, 3.63) is 40.6 Å². The highest BCUT2D eigenvalue weighted by Crippen LogP contribution is 2.29. The number of ether oxygens (including phenoxy) is 1. The molecule has 0 radical (unpaired) electrons. The molecule has 7 heteroatoms. The molecule has 0 aliphatic carbocycles. The number of amides is 2. The minimum atomic E-state index is -0.214. The first kappa shape index (κ1) is 23.5. The quantitative estimate of drug-likeness (QED) is 0.625. The van der Waals surface area contributed by atoms with Gasteiger partial charge in [-0.1, -0.05) is 22.9 Å². The highest BCUT2D eigenvalue weighted by atomic mass is 16.5. The predicted octanol–water partition coefficient (Wildman–Crippen LogP) is 4.29. The Hall–Kier alpha value is -2.67. The molecule has 1 aromatic carbocycles. The largest absolute Gasteiger partial charge is 0.376 e. The summed E-state index contributed by atoms with van der Waals surface area (Å²) in [6, 6.07) is 5.92. The lowest BCUT2D eigenvalue weighted by Crippen LogP contribution is -2.42. The number of aryl methyl sites for hydroxylation is 3. The lowest BCUT2D eigenvalue weighted by molar-refractivity contribution is -0.132. The van der Waals surface area contributed by atoms with Gasteiger partial charge in [0.25, 0.3) is 5.91 Å². The van der Waals surface area contributed by atoms with E-state index in [1.165, 1.54) is 12.0 Å². The van der Waals surface area contributed by atoms with Crippen molar-refractivity contribution < 1.29 is 18.8 Å². The van der Waals surface area contributed by atoms with Gasteiger partial charge in [-0.15, -0.1) is 0 Å². The molecule has 7 nitrogen and oxygen atoms in total. The van der Waals surface area contributed by atoms with Crippen LogP contribution in [0.1, 0.15) is 65.7 Å². The van der Waals surface area contributed by atoms with Crippen LogP contribution in [-0.4, -0.2) is 65.7 Å². The maximum Gasteiger partial charge on any atom is 0.276 e. The fourth-order valence-corrected chi connectivity index (χ4v) is 5.07. The van der Waals surface area contributed by atoms with E-state index in [1.807, 2.05) is 18.7 Å². The molecule has 0 saturated carbocycles. The van der Waals surface area contributed by atoms with Crippen molar-refractivity contribution in [2.75, 3.05) is 32.8 Å². The van der Waals surface area contributed by atoms with Gasteiger partial charge in [-0.25, -0.2) is 0 Å². The average Bonchev–Trinajstić information content (AvgIpc) is 3.48. The number of carbonyl (C=O) groups is 2. The lowest BCUT2D eigenvalue weighted by Gasteiger charge is -2.29. The highest BCUT2D eigenvalue weighted by molar-refractivity contribution is 5.93. The molecule has 1 unspecified atom stereocenters. The Bertz CT molecular complexity index is 964. The summed E-state index contributed by atoms with van der Waals surface area (Å²) in [7, 11) is 0. The molecule has 2 amide bonds. The number of benzene rings is 1. The Morgan fingerprint density at radius 3 is 2.45 bits per heavy atom. The number of likely N-dealkylation sites (tertiary alicyclic amines) is 1. The number of hydrogen-bond acceptors (Lipinski definition) is 5. The van der Waals surface area contributed by atoms with Crippen molar-refractivity contribution in [1.29, 1.82) is 0 Å². The van der Waals surface area contributed by atoms with Crippen LogP contribution in [-0.2, 0) is 9.53 Å². The Labute approximate surface area is 196 Å². The molecule has 1 atom stereocenters. The van der Waals surface area contributed by atoms with Crippen molar-refractivity contribution in [1.82, 2.24) is 15.0 Å². The SMILES string of the molecule is Cc1cc(C)c(-c2cc(C(=O)N(CCC(=O)N3CCCCC3)CC3CCCO3)no2)c(C)c1. The summed E-state index contributed by atoms with van der Waals surface area (Å²) in [6.07, 6.45) is 5.55. The fraction of sp³-hybridized carbons (Fsp3) is 0.577. The summed E-state index contributed by atoms with van der Waals surface area (Å²) in [5.41, 5.74) is 4.61. The van der Waals surface area contributed by atoms with Crippen LogP contribution in [0, 0.1) is 20.8 Å². The number of carbonyl (C=O) groups excluding carboxylic acids is 2. The average molecular weight is 454 g/mol. The molecule has 0 spiro atoms. The number of hydrogen-bond donors (Lipinski definition) is 0. The summed E-state index contributed by atoms with van der Waals surface area (Å²) in [5, 5.41) is 4.11. The zero-order chi connectivity index (χ0) is 23.4. The van der Waals surface area contributed by atoms with E-state index in [-0.39, 0.29) is 23.6 Å². The number of rotatable bonds is 7. The third-order valence-corrected chi connectivity index (χ3v) is 6.69. The first-order chi connectivity index (χ1) is 15.9. The van der Waals surface area contributed by atoms with Gasteiger partial charge in [-0.2, -0.15) is 0 Å². The Morgan fingerprint density at radius 2 is 1.79 bits per heavy atom. The monoisotopic (exact) mass is 453 g/mol.